The van der Waals surface area contributed by atoms with E-state index in [1.807, 2.05) is 29.8 Å². The predicted molar refractivity (Wildman–Crippen MR) is 70.4 cm³/mol. The number of carboxylic acids is 1. The standard InChI is InChI=1S/C13H9ClN2O3/c1-16-6-9(14)7-3-2-4-8(12(7)16)11-5-10(13(17)18)15-19-11/h2-6H,1H3,(H,17,18). The third-order valence-corrected chi connectivity index (χ3v) is 3.25. The van der Waals surface area contributed by atoms with Gasteiger partial charge in [-0.25, -0.2) is 4.79 Å². The summed E-state index contributed by atoms with van der Waals surface area (Å²) >= 11 is 6.13. The molecule has 0 saturated heterocycles. The largest absolute Gasteiger partial charge is 0.476 e. The van der Waals surface area contributed by atoms with Crippen LogP contribution in [0.2, 0.25) is 5.02 Å². The molecule has 0 spiro atoms. The molecule has 0 amide bonds. The van der Waals surface area contributed by atoms with Crippen LogP contribution in [-0.2, 0) is 7.05 Å². The van der Waals surface area contributed by atoms with Crippen LogP contribution in [0.1, 0.15) is 10.5 Å². The maximum atomic E-state index is 10.8. The van der Waals surface area contributed by atoms with Gasteiger partial charge in [0.05, 0.1) is 10.5 Å². The molecular formula is C13H9ClN2O3. The van der Waals surface area contributed by atoms with Crippen molar-refractivity contribution in [1.29, 1.82) is 0 Å². The number of hydrogen-bond acceptors (Lipinski definition) is 3. The molecule has 0 aliphatic carbocycles. The number of carbonyl (C=O) groups is 1. The Hall–Kier alpha value is -2.27. The summed E-state index contributed by atoms with van der Waals surface area (Å²) in [4.78, 5) is 10.8. The number of aromatic nitrogens is 2. The molecule has 0 unspecified atom stereocenters. The molecule has 19 heavy (non-hydrogen) atoms. The quantitative estimate of drug-likeness (QED) is 0.780. The van der Waals surface area contributed by atoms with Crippen LogP contribution >= 0.6 is 11.6 Å². The van der Waals surface area contributed by atoms with Crippen LogP contribution in [0.3, 0.4) is 0 Å². The van der Waals surface area contributed by atoms with Crippen LogP contribution in [0.25, 0.3) is 22.2 Å². The Morgan fingerprint density at radius 1 is 1.47 bits per heavy atom. The summed E-state index contributed by atoms with van der Waals surface area (Å²) in [5.41, 5.74) is 1.51. The maximum absolute atomic E-state index is 10.8. The van der Waals surface area contributed by atoms with Crippen LogP contribution in [0, 0.1) is 0 Å². The first-order valence-electron chi connectivity index (χ1n) is 5.52. The van der Waals surface area contributed by atoms with Gasteiger partial charge in [0.1, 0.15) is 0 Å². The Labute approximate surface area is 113 Å². The Kier molecular flexibility index (Phi) is 2.57. The van der Waals surface area contributed by atoms with E-state index in [2.05, 4.69) is 5.16 Å². The maximum Gasteiger partial charge on any atom is 0.358 e. The lowest BCUT2D eigenvalue weighted by Gasteiger charge is -2.02. The summed E-state index contributed by atoms with van der Waals surface area (Å²) in [5, 5.41) is 13.9. The molecule has 96 valence electrons. The van der Waals surface area contributed by atoms with E-state index in [1.165, 1.54) is 6.07 Å². The zero-order valence-electron chi connectivity index (χ0n) is 9.92. The Balaban J connectivity index is 2.27. The molecular weight excluding hydrogens is 268 g/mol. The number of benzene rings is 1. The summed E-state index contributed by atoms with van der Waals surface area (Å²) in [6.07, 6.45) is 1.80. The summed E-state index contributed by atoms with van der Waals surface area (Å²) in [5.74, 6) is -0.715. The average Bonchev–Trinajstić information content (AvgIpc) is 2.96. The van der Waals surface area contributed by atoms with Crippen molar-refractivity contribution in [1.82, 2.24) is 9.72 Å². The first-order valence-corrected chi connectivity index (χ1v) is 5.89. The molecule has 3 aromatic rings. The van der Waals surface area contributed by atoms with Gasteiger partial charge in [0.2, 0.25) is 0 Å². The average molecular weight is 277 g/mol. The van der Waals surface area contributed by atoms with Gasteiger partial charge in [0.25, 0.3) is 0 Å². The second kappa shape index (κ2) is 4.13. The molecule has 0 saturated carbocycles. The number of aryl methyl sites for hydroxylation is 1. The fourth-order valence-corrected chi connectivity index (χ4v) is 2.42. The number of para-hydroxylation sites is 1. The first kappa shape index (κ1) is 11.8. The van der Waals surface area contributed by atoms with Crippen molar-refractivity contribution in [3.63, 3.8) is 0 Å². The molecule has 0 aliphatic rings. The minimum Gasteiger partial charge on any atom is -0.476 e. The third-order valence-electron chi connectivity index (χ3n) is 2.95. The molecule has 0 fully saturated rings. The summed E-state index contributed by atoms with van der Waals surface area (Å²) < 4.78 is 6.97. The molecule has 0 aliphatic heterocycles. The number of nitrogens with zero attached hydrogens (tertiary/aromatic N) is 2. The van der Waals surface area contributed by atoms with Gasteiger partial charge in [-0.05, 0) is 6.07 Å². The van der Waals surface area contributed by atoms with Crippen LogP contribution in [0.15, 0.2) is 35.0 Å². The molecule has 0 bridgehead atoms. The number of aromatic carboxylic acids is 1. The minimum absolute atomic E-state index is 0.118. The van der Waals surface area contributed by atoms with E-state index in [9.17, 15) is 4.79 Å². The molecule has 0 atom stereocenters. The van der Waals surface area contributed by atoms with Crippen molar-refractivity contribution in [3.8, 4) is 11.3 Å². The normalized spacial score (nSPS) is 11.1. The van der Waals surface area contributed by atoms with E-state index in [4.69, 9.17) is 21.2 Å². The van der Waals surface area contributed by atoms with E-state index in [-0.39, 0.29) is 5.69 Å². The van der Waals surface area contributed by atoms with Crippen LogP contribution in [-0.4, -0.2) is 20.8 Å². The summed E-state index contributed by atoms with van der Waals surface area (Å²) in [7, 11) is 1.87. The first-order chi connectivity index (χ1) is 9.08. The molecule has 5 nitrogen and oxygen atoms in total. The molecule has 1 N–H and O–H groups in total. The van der Waals surface area contributed by atoms with E-state index in [1.54, 1.807) is 6.20 Å². The number of rotatable bonds is 2. The van der Waals surface area contributed by atoms with E-state index >= 15 is 0 Å². The zero-order valence-corrected chi connectivity index (χ0v) is 10.7. The fraction of sp³-hybridized carbons (Fsp3) is 0.0769. The van der Waals surface area contributed by atoms with Gasteiger partial charge in [-0.15, -0.1) is 0 Å². The van der Waals surface area contributed by atoms with Gasteiger partial charge < -0.3 is 14.2 Å². The van der Waals surface area contributed by atoms with Gasteiger partial charge in [0.15, 0.2) is 11.5 Å². The second-order valence-electron chi connectivity index (χ2n) is 4.17. The lowest BCUT2D eigenvalue weighted by molar-refractivity contribution is 0.0686. The van der Waals surface area contributed by atoms with Gasteiger partial charge >= 0.3 is 5.97 Å². The fourth-order valence-electron chi connectivity index (χ4n) is 2.12. The molecule has 0 radical (unpaired) electrons. The summed E-state index contributed by atoms with van der Waals surface area (Å²) in [6, 6.07) is 6.98. The molecule has 6 heteroatoms. The van der Waals surface area contributed by atoms with Crippen molar-refractivity contribution >= 4 is 28.5 Å². The molecule has 3 rings (SSSR count). The molecule has 1 aromatic carbocycles. The van der Waals surface area contributed by atoms with E-state index < -0.39 is 5.97 Å². The van der Waals surface area contributed by atoms with Crippen molar-refractivity contribution in [2.45, 2.75) is 0 Å². The number of fused-ring (bicyclic) bond motifs is 1. The predicted octanol–water partition coefficient (Wildman–Crippen LogP) is 3.18. The molecule has 2 aromatic heterocycles. The van der Waals surface area contributed by atoms with Crippen LogP contribution in [0.4, 0.5) is 0 Å². The smallest absolute Gasteiger partial charge is 0.358 e. The lowest BCUT2D eigenvalue weighted by Crippen LogP contribution is -1.94. The van der Waals surface area contributed by atoms with Gasteiger partial charge in [-0.2, -0.15) is 0 Å². The van der Waals surface area contributed by atoms with Gasteiger partial charge in [0, 0.05) is 30.3 Å². The minimum atomic E-state index is -1.12. The lowest BCUT2D eigenvalue weighted by atomic mass is 10.1. The number of carboxylic acid groups (broad SMARTS) is 1. The topological polar surface area (TPSA) is 68.3 Å². The second-order valence-corrected chi connectivity index (χ2v) is 4.58. The zero-order chi connectivity index (χ0) is 13.6. The van der Waals surface area contributed by atoms with Crippen molar-refractivity contribution < 1.29 is 14.4 Å². The van der Waals surface area contributed by atoms with Crippen LogP contribution in [0.5, 0.6) is 0 Å². The highest BCUT2D eigenvalue weighted by Crippen LogP contribution is 2.33. The third kappa shape index (κ3) is 1.79. The van der Waals surface area contributed by atoms with Crippen molar-refractivity contribution in [2.24, 2.45) is 7.05 Å². The Bertz CT molecular complexity index is 788. The van der Waals surface area contributed by atoms with Crippen molar-refractivity contribution in [2.75, 3.05) is 0 Å². The highest BCUT2D eigenvalue weighted by atomic mass is 35.5. The SMILES string of the molecule is Cn1cc(Cl)c2cccc(-c3cc(C(=O)O)no3)c21. The van der Waals surface area contributed by atoms with Crippen molar-refractivity contribution in [3.05, 3.63) is 41.2 Å². The summed E-state index contributed by atoms with van der Waals surface area (Å²) in [6.45, 7) is 0. The Morgan fingerprint density at radius 2 is 2.26 bits per heavy atom. The van der Waals surface area contributed by atoms with Gasteiger partial charge in [-0.1, -0.05) is 28.9 Å². The van der Waals surface area contributed by atoms with Gasteiger partial charge in [-0.3, -0.25) is 0 Å². The van der Waals surface area contributed by atoms with E-state index in [0.29, 0.717) is 10.8 Å². The number of hydrogen-bond donors (Lipinski definition) is 1. The highest BCUT2D eigenvalue weighted by Gasteiger charge is 2.16. The van der Waals surface area contributed by atoms with E-state index in [0.717, 1.165) is 16.5 Å². The number of halogens is 1. The highest BCUT2D eigenvalue weighted by molar-refractivity contribution is 6.36. The molecule has 2 heterocycles. The monoisotopic (exact) mass is 276 g/mol. The Morgan fingerprint density at radius 3 is 2.95 bits per heavy atom. The van der Waals surface area contributed by atoms with Crippen LogP contribution < -0.4 is 0 Å².